The topological polar surface area (TPSA) is 60.7 Å². The van der Waals surface area contributed by atoms with E-state index in [1.54, 1.807) is 0 Å². The Bertz CT molecular complexity index is 997. The molecule has 2 unspecified atom stereocenters. The van der Waals surface area contributed by atoms with Crippen LogP contribution < -0.4 is 0 Å². The van der Waals surface area contributed by atoms with Crippen molar-refractivity contribution >= 4 is 0 Å². The van der Waals surface area contributed by atoms with E-state index in [0.29, 0.717) is 23.1 Å². The van der Waals surface area contributed by atoms with E-state index < -0.39 is 17.3 Å². The van der Waals surface area contributed by atoms with Crippen LogP contribution in [0.5, 0.6) is 0 Å². The van der Waals surface area contributed by atoms with Gasteiger partial charge >= 0.3 is 0 Å². The number of hydrogen-bond donors (Lipinski definition) is 3. The van der Waals surface area contributed by atoms with Crippen LogP contribution in [-0.4, -0.2) is 21.4 Å². The van der Waals surface area contributed by atoms with Crippen molar-refractivity contribution in [2.75, 3.05) is 0 Å². The number of hydrogen-bond acceptors (Lipinski definition) is 3. The van der Waals surface area contributed by atoms with Gasteiger partial charge in [0.25, 0.3) is 0 Å². The van der Waals surface area contributed by atoms with Gasteiger partial charge in [-0.15, -0.1) is 0 Å². The Hall–Kier alpha value is -2.46. The van der Waals surface area contributed by atoms with Crippen molar-refractivity contribution in [3.05, 3.63) is 108 Å². The lowest BCUT2D eigenvalue weighted by atomic mass is 9.70. The first kappa shape index (κ1) is 32.1. The predicted molar refractivity (Wildman–Crippen MR) is 167 cm³/mol. The van der Waals surface area contributed by atoms with Crippen molar-refractivity contribution in [2.45, 2.75) is 121 Å². The third-order valence-corrected chi connectivity index (χ3v) is 8.46. The van der Waals surface area contributed by atoms with E-state index in [9.17, 15) is 15.3 Å². The van der Waals surface area contributed by atoms with Gasteiger partial charge in [0.1, 0.15) is 17.3 Å². The standard InChI is InChI=1S/C37H52O3/c1-2-3-4-5-6-7-8-9-10-11-12-13-14-24-31-36(39,32-25-18-15-19-26-32)35(38)37(40,33-27-20-16-21-28-33)34-29-22-17-23-30-34/h15-23,25-30,35,38-40H,2-14,24,31H2,1H3. The van der Waals surface area contributed by atoms with E-state index in [0.717, 1.165) is 19.3 Å². The molecule has 3 aromatic carbocycles. The van der Waals surface area contributed by atoms with E-state index in [4.69, 9.17) is 0 Å². The van der Waals surface area contributed by atoms with Crippen molar-refractivity contribution in [3.8, 4) is 0 Å². The molecule has 0 fully saturated rings. The second kappa shape index (κ2) is 17.4. The first-order valence-corrected chi connectivity index (χ1v) is 15.8. The van der Waals surface area contributed by atoms with Gasteiger partial charge in [0, 0.05) is 0 Å². The van der Waals surface area contributed by atoms with Crippen LogP contribution in [0.3, 0.4) is 0 Å². The van der Waals surface area contributed by atoms with Gasteiger partial charge < -0.3 is 15.3 Å². The molecule has 3 N–H and O–H groups in total. The quantitative estimate of drug-likeness (QED) is 0.124. The fourth-order valence-corrected chi connectivity index (χ4v) is 5.97. The predicted octanol–water partition coefficient (Wildman–Crippen LogP) is 9.04. The number of rotatable bonds is 20. The zero-order valence-electron chi connectivity index (χ0n) is 24.7. The van der Waals surface area contributed by atoms with Crippen molar-refractivity contribution in [1.29, 1.82) is 0 Å². The monoisotopic (exact) mass is 544 g/mol. The van der Waals surface area contributed by atoms with E-state index in [2.05, 4.69) is 6.92 Å². The summed E-state index contributed by atoms with van der Waals surface area (Å²) >= 11 is 0. The Morgan fingerprint density at radius 2 is 0.800 bits per heavy atom. The fraction of sp³-hybridized carbons (Fsp3) is 0.514. The van der Waals surface area contributed by atoms with Crippen LogP contribution in [-0.2, 0) is 11.2 Å². The molecule has 0 aromatic heterocycles. The van der Waals surface area contributed by atoms with Gasteiger partial charge in [0.2, 0.25) is 0 Å². The van der Waals surface area contributed by atoms with E-state index in [1.165, 1.54) is 70.6 Å². The van der Waals surface area contributed by atoms with Crippen LogP contribution in [0.25, 0.3) is 0 Å². The zero-order chi connectivity index (χ0) is 28.5. The van der Waals surface area contributed by atoms with Crippen LogP contribution in [0.2, 0.25) is 0 Å². The molecule has 40 heavy (non-hydrogen) atoms. The summed E-state index contributed by atoms with van der Waals surface area (Å²) in [5.41, 5.74) is -1.64. The van der Waals surface area contributed by atoms with Crippen LogP contribution in [0, 0.1) is 0 Å². The summed E-state index contributed by atoms with van der Waals surface area (Å²) in [6.07, 6.45) is 16.5. The van der Waals surface area contributed by atoms with Gasteiger partial charge in [-0.1, -0.05) is 188 Å². The van der Waals surface area contributed by atoms with Gasteiger partial charge in [-0.25, -0.2) is 0 Å². The van der Waals surface area contributed by atoms with Crippen LogP contribution in [0.15, 0.2) is 91.0 Å². The maximum atomic E-state index is 12.2. The second-order valence-corrected chi connectivity index (χ2v) is 11.5. The molecule has 0 amide bonds. The largest absolute Gasteiger partial charge is 0.386 e. The first-order chi connectivity index (χ1) is 19.5. The Balaban J connectivity index is 1.58. The third kappa shape index (κ3) is 9.03. The van der Waals surface area contributed by atoms with Gasteiger partial charge in [-0.05, 0) is 23.1 Å². The highest BCUT2D eigenvalue weighted by atomic mass is 16.4. The summed E-state index contributed by atoms with van der Waals surface area (Å²) in [6, 6.07) is 27.8. The van der Waals surface area contributed by atoms with Gasteiger partial charge in [0.15, 0.2) is 0 Å². The molecule has 0 bridgehead atoms. The number of aliphatic hydroxyl groups excluding tert-OH is 1. The average Bonchev–Trinajstić information content (AvgIpc) is 3.01. The summed E-state index contributed by atoms with van der Waals surface area (Å²) in [7, 11) is 0. The molecule has 0 aliphatic heterocycles. The number of unbranched alkanes of at least 4 members (excludes halogenated alkanes) is 13. The molecule has 0 saturated carbocycles. The molecule has 0 aliphatic carbocycles. The van der Waals surface area contributed by atoms with Gasteiger partial charge in [0.05, 0.1) is 0 Å². The lowest BCUT2D eigenvalue weighted by molar-refractivity contribution is -0.170. The van der Waals surface area contributed by atoms with Crippen molar-refractivity contribution in [3.63, 3.8) is 0 Å². The molecule has 0 radical (unpaired) electrons. The lowest BCUT2D eigenvalue weighted by Gasteiger charge is -2.44. The zero-order valence-corrected chi connectivity index (χ0v) is 24.7. The van der Waals surface area contributed by atoms with Gasteiger partial charge in [-0.3, -0.25) is 0 Å². The molecule has 3 rings (SSSR count). The molecular formula is C37H52O3. The van der Waals surface area contributed by atoms with Crippen LogP contribution in [0.4, 0.5) is 0 Å². The van der Waals surface area contributed by atoms with Crippen molar-refractivity contribution in [1.82, 2.24) is 0 Å². The minimum atomic E-state index is -1.77. The highest BCUT2D eigenvalue weighted by Gasteiger charge is 2.51. The summed E-state index contributed by atoms with van der Waals surface area (Å²) in [5, 5.41) is 36.4. The summed E-state index contributed by atoms with van der Waals surface area (Å²) in [4.78, 5) is 0. The highest BCUT2D eigenvalue weighted by molar-refractivity contribution is 5.40. The molecule has 3 nitrogen and oxygen atoms in total. The minimum Gasteiger partial charge on any atom is -0.386 e. The molecule has 0 aliphatic rings. The highest BCUT2D eigenvalue weighted by Crippen LogP contribution is 2.43. The summed E-state index contributed by atoms with van der Waals surface area (Å²) in [6.45, 7) is 2.27. The molecule has 3 aromatic rings. The molecular weight excluding hydrogens is 492 g/mol. The maximum Gasteiger partial charge on any atom is 0.144 e. The SMILES string of the molecule is CCCCCCCCCCCCCCCCC(O)(c1ccccc1)C(O)C(O)(c1ccccc1)c1ccccc1. The Labute approximate surface area is 243 Å². The molecule has 0 spiro atoms. The van der Waals surface area contributed by atoms with Crippen LogP contribution >= 0.6 is 0 Å². The Morgan fingerprint density at radius 1 is 0.475 bits per heavy atom. The van der Waals surface area contributed by atoms with Crippen molar-refractivity contribution < 1.29 is 15.3 Å². The summed E-state index contributed by atoms with van der Waals surface area (Å²) in [5.74, 6) is 0. The number of benzene rings is 3. The molecule has 218 valence electrons. The van der Waals surface area contributed by atoms with E-state index in [1.807, 2.05) is 91.0 Å². The lowest BCUT2D eigenvalue weighted by Crippen LogP contribution is -2.53. The van der Waals surface area contributed by atoms with Gasteiger partial charge in [-0.2, -0.15) is 0 Å². The third-order valence-electron chi connectivity index (χ3n) is 8.46. The van der Waals surface area contributed by atoms with Crippen LogP contribution in [0.1, 0.15) is 120 Å². The second-order valence-electron chi connectivity index (χ2n) is 11.5. The maximum absolute atomic E-state index is 12.2. The first-order valence-electron chi connectivity index (χ1n) is 15.8. The normalized spacial score (nSPS) is 14.1. The molecule has 0 heterocycles. The summed E-state index contributed by atoms with van der Waals surface area (Å²) < 4.78 is 0. The average molecular weight is 545 g/mol. The van der Waals surface area contributed by atoms with Crippen molar-refractivity contribution in [2.24, 2.45) is 0 Å². The Kier molecular flexibility index (Phi) is 13.9. The smallest absolute Gasteiger partial charge is 0.144 e. The fourth-order valence-electron chi connectivity index (χ4n) is 5.97. The molecule has 3 heteroatoms. The number of aliphatic hydroxyl groups is 3. The molecule has 0 saturated heterocycles. The Morgan fingerprint density at radius 3 is 1.18 bits per heavy atom. The minimum absolute atomic E-state index is 0.373. The van der Waals surface area contributed by atoms with E-state index >= 15 is 0 Å². The molecule has 2 atom stereocenters. The van der Waals surface area contributed by atoms with E-state index in [-0.39, 0.29) is 0 Å².